The van der Waals surface area contributed by atoms with Gasteiger partial charge in [-0.3, -0.25) is 4.79 Å². The van der Waals surface area contributed by atoms with Gasteiger partial charge in [0.2, 0.25) is 5.91 Å². The number of rotatable bonds is 6. The smallest absolute Gasteiger partial charge is 0.228 e. The van der Waals surface area contributed by atoms with Crippen molar-refractivity contribution in [2.75, 3.05) is 33.1 Å². The van der Waals surface area contributed by atoms with Crippen LogP contribution in [-0.2, 0) is 4.79 Å². The first-order valence-corrected chi connectivity index (χ1v) is 5.79. The van der Waals surface area contributed by atoms with E-state index in [0.29, 0.717) is 23.7 Å². The van der Waals surface area contributed by atoms with Crippen molar-refractivity contribution < 1.29 is 14.3 Å². The van der Waals surface area contributed by atoms with Crippen LogP contribution in [-0.4, -0.2) is 33.7 Å². The number of nitrogens with one attached hydrogen (secondary N) is 2. The predicted octanol–water partition coefficient (Wildman–Crippen LogP) is 1.50. The summed E-state index contributed by atoms with van der Waals surface area (Å²) in [5.74, 6) is 1.11. The Kier molecular flexibility index (Phi) is 5.45. The minimum atomic E-state index is -0.109. The molecule has 0 saturated heterocycles. The topological polar surface area (TPSA) is 59.6 Å². The molecule has 5 nitrogen and oxygen atoms in total. The predicted molar refractivity (Wildman–Crippen MR) is 71.3 cm³/mol. The molecule has 0 saturated carbocycles. The third-order valence-corrected chi connectivity index (χ3v) is 2.62. The Balaban J connectivity index is 2.80. The molecule has 0 aliphatic carbocycles. The third-order valence-electron chi connectivity index (χ3n) is 2.62. The molecule has 5 heteroatoms. The quantitative estimate of drug-likeness (QED) is 0.805. The van der Waals surface area contributed by atoms with Gasteiger partial charge in [-0.2, -0.15) is 0 Å². The van der Waals surface area contributed by atoms with E-state index in [1.54, 1.807) is 32.4 Å². The maximum atomic E-state index is 11.9. The Morgan fingerprint density at radius 2 is 2.06 bits per heavy atom. The Morgan fingerprint density at radius 1 is 1.33 bits per heavy atom. The van der Waals surface area contributed by atoms with E-state index in [4.69, 9.17) is 9.47 Å². The highest BCUT2D eigenvalue weighted by Crippen LogP contribution is 2.29. The van der Waals surface area contributed by atoms with Crippen molar-refractivity contribution in [3.63, 3.8) is 0 Å². The molecule has 2 N–H and O–H groups in total. The molecule has 0 heterocycles. The van der Waals surface area contributed by atoms with Gasteiger partial charge >= 0.3 is 0 Å². The van der Waals surface area contributed by atoms with Crippen LogP contribution in [0, 0.1) is 5.92 Å². The van der Waals surface area contributed by atoms with E-state index in [-0.39, 0.29) is 11.8 Å². The molecular formula is C13H20N2O3. The van der Waals surface area contributed by atoms with Crippen molar-refractivity contribution in [1.29, 1.82) is 0 Å². The Hall–Kier alpha value is -1.75. The van der Waals surface area contributed by atoms with Gasteiger partial charge in [0, 0.05) is 18.5 Å². The summed E-state index contributed by atoms with van der Waals surface area (Å²) in [5.41, 5.74) is 0.645. The number of carbonyl (C=O) groups excluding carboxylic acids is 1. The van der Waals surface area contributed by atoms with Crippen molar-refractivity contribution in [3.05, 3.63) is 18.2 Å². The fourth-order valence-corrected chi connectivity index (χ4v) is 1.56. The van der Waals surface area contributed by atoms with Crippen molar-refractivity contribution in [2.24, 2.45) is 5.92 Å². The van der Waals surface area contributed by atoms with E-state index in [9.17, 15) is 4.79 Å². The first-order valence-electron chi connectivity index (χ1n) is 5.79. The van der Waals surface area contributed by atoms with Gasteiger partial charge in [0.05, 0.1) is 19.9 Å². The van der Waals surface area contributed by atoms with Crippen LogP contribution < -0.4 is 20.1 Å². The number of anilines is 1. The zero-order chi connectivity index (χ0) is 13.5. The van der Waals surface area contributed by atoms with Crippen molar-refractivity contribution in [3.8, 4) is 11.5 Å². The number of benzene rings is 1. The average molecular weight is 252 g/mol. The lowest BCUT2D eigenvalue weighted by atomic mass is 10.1. The average Bonchev–Trinajstić information content (AvgIpc) is 2.39. The molecule has 1 atom stereocenters. The maximum Gasteiger partial charge on any atom is 0.228 e. The highest BCUT2D eigenvalue weighted by Gasteiger charge is 2.14. The van der Waals surface area contributed by atoms with Crippen LogP contribution in [0.15, 0.2) is 18.2 Å². The van der Waals surface area contributed by atoms with E-state index < -0.39 is 0 Å². The van der Waals surface area contributed by atoms with Crippen molar-refractivity contribution in [2.45, 2.75) is 6.92 Å². The lowest BCUT2D eigenvalue weighted by Crippen LogP contribution is -2.28. The fraction of sp³-hybridized carbons (Fsp3) is 0.462. The van der Waals surface area contributed by atoms with Gasteiger partial charge in [-0.05, 0) is 19.2 Å². The number of ether oxygens (including phenoxy) is 2. The molecule has 0 fully saturated rings. The number of carbonyl (C=O) groups is 1. The second-order valence-electron chi connectivity index (χ2n) is 4.01. The second-order valence-corrected chi connectivity index (χ2v) is 4.01. The first kappa shape index (κ1) is 14.3. The van der Waals surface area contributed by atoms with Gasteiger partial charge in [0.25, 0.3) is 0 Å². The molecular weight excluding hydrogens is 232 g/mol. The standard InChI is InChI=1S/C13H20N2O3/c1-9(8-14-2)13(16)15-11-6-5-10(17-3)7-12(11)18-4/h5-7,9,14H,8H2,1-4H3,(H,15,16). The fourth-order valence-electron chi connectivity index (χ4n) is 1.56. The van der Waals surface area contributed by atoms with E-state index in [1.165, 1.54) is 0 Å². The third kappa shape index (κ3) is 3.63. The van der Waals surface area contributed by atoms with Crippen LogP contribution in [0.4, 0.5) is 5.69 Å². The van der Waals surface area contributed by atoms with E-state index >= 15 is 0 Å². The van der Waals surface area contributed by atoms with Gasteiger partial charge in [0.15, 0.2) is 0 Å². The summed E-state index contributed by atoms with van der Waals surface area (Å²) < 4.78 is 10.3. The molecule has 0 aliphatic heterocycles. The molecule has 100 valence electrons. The molecule has 18 heavy (non-hydrogen) atoms. The van der Waals surface area contributed by atoms with E-state index in [1.807, 2.05) is 14.0 Å². The highest BCUT2D eigenvalue weighted by atomic mass is 16.5. The zero-order valence-corrected chi connectivity index (χ0v) is 11.2. The Morgan fingerprint density at radius 3 is 2.61 bits per heavy atom. The summed E-state index contributed by atoms with van der Waals surface area (Å²) in [6.45, 7) is 2.49. The summed E-state index contributed by atoms with van der Waals surface area (Å²) in [6, 6.07) is 5.28. The van der Waals surface area contributed by atoms with Crippen LogP contribution in [0.25, 0.3) is 0 Å². The van der Waals surface area contributed by atoms with Crippen LogP contribution in [0.1, 0.15) is 6.92 Å². The number of hydrogen-bond donors (Lipinski definition) is 2. The van der Waals surface area contributed by atoms with Crippen molar-refractivity contribution >= 4 is 11.6 Å². The summed E-state index contributed by atoms with van der Waals surface area (Å²) in [5, 5.41) is 5.81. The maximum absolute atomic E-state index is 11.9. The van der Waals surface area contributed by atoms with Crippen LogP contribution in [0.2, 0.25) is 0 Å². The van der Waals surface area contributed by atoms with Crippen LogP contribution in [0.3, 0.4) is 0 Å². The van der Waals surface area contributed by atoms with Gasteiger partial charge in [0.1, 0.15) is 11.5 Å². The molecule has 1 rings (SSSR count). The number of methoxy groups -OCH3 is 2. The molecule has 0 aliphatic rings. The molecule has 1 amide bonds. The second kappa shape index (κ2) is 6.86. The summed E-state index contributed by atoms with van der Waals surface area (Å²) in [6.07, 6.45) is 0. The Labute approximate surface area is 107 Å². The molecule has 0 aromatic heterocycles. The summed E-state index contributed by atoms with van der Waals surface area (Å²) in [7, 11) is 4.96. The lowest BCUT2D eigenvalue weighted by Gasteiger charge is -2.14. The molecule has 1 unspecified atom stereocenters. The lowest BCUT2D eigenvalue weighted by molar-refractivity contribution is -0.119. The molecule has 0 spiro atoms. The Bertz CT molecular complexity index is 407. The molecule has 1 aromatic rings. The van der Waals surface area contributed by atoms with Crippen LogP contribution >= 0.6 is 0 Å². The summed E-state index contributed by atoms with van der Waals surface area (Å²) >= 11 is 0. The van der Waals surface area contributed by atoms with Crippen molar-refractivity contribution in [1.82, 2.24) is 5.32 Å². The van der Waals surface area contributed by atoms with Gasteiger partial charge in [-0.15, -0.1) is 0 Å². The van der Waals surface area contributed by atoms with Crippen LogP contribution in [0.5, 0.6) is 11.5 Å². The van der Waals surface area contributed by atoms with Gasteiger partial charge in [-0.1, -0.05) is 6.92 Å². The molecule has 1 aromatic carbocycles. The van der Waals surface area contributed by atoms with E-state index in [2.05, 4.69) is 10.6 Å². The largest absolute Gasteiger partial charge is 0.497 e. The number of hydrogen-bond acceptors (Lipinski definition) is 4. The van der Waals surface area contributed by atoms with E-state index in [0.717, 1.165) is 0 Å². The number of amides is 1. The normalized spacial score (nSPS) is 11.8. The van der Waals surface area contributed by atoms with Gasteiger partial charge < -0.3 is 20.1 Å². The monoisotopic (exact) mass is 252 g/mol. The molecule has 0 radical (unpaired) electrons. The minimum Gasteiger partial charge on any atom is -0.497 e. The molecule has 0 bridgehead atoms. The SMILES string of the molecule is CNCC(C)C(=O)Nc1ccc(OC)cc1OC. The first-order chi connectivity index (χ1) is 8.62. The summed E-state index contributed by atoms with van der Waals surface area (Å²) in [4.78, 5) is 11.9. The minimum absolute atomic E-state index is 0.0483. The highest BCUT2D eigenvalue weighted by molar-refractivity contribution is 5.94. The van der Waals surface area contributed by atoms with Gasteiger partial charge in [-0.25, -0.2) is 0 Å². The zero-order valence-electron chi connectivity index (χ0n) is 11.2.